The summed E-state index contributed by atoms with van der Waals surface area (Å²) in [5, 5.41) is 9.70. The van der Waals surface area contributed by atoms with Crippen LogP contribution in [0.5, 0.6) is 5.75 Å². The molecule has 0 aliphatic heterocycles. The Balaban J connectivity index is 1.78. The molecule has 23 heavy (non-hydrogen) atoms. The van der Waals surface area contributed by atoms with Crippen molar-refractivity contribution in [3.05, 3.63) is 24.3 Å². The van der Waals surface area contributed by atoms with Gasteiger partial charge in [0.25, 0.3) is 0 Å². The van der Waals surface area contributed by atoms with E-state index >= 15 is 0 Å². The van der Waals surface area contributed by atoms with Gasteiger partial charge in [-0.05, 0) is 66.0 Å². The fourth-order valence-corrected chi connectivity index (χ4v) is 7.19. The van der Waals surface area contributed by atoms with Crippen molar-refractivity contribution in [3.63, 3.8) is 0 Å². The number of fused-ring (bicyclic) bond motifs is 1. The lowest BCUT2D eigenvalue weighted by molar-refractivity contribution is -0.0850. The third-order valence-electron chi connectivity index (χ3n) is 6.97. The maximum atomic E-state index is 9.70. The van der Waals surface area contributed by atoms with Crippen molar-refractivity contribution in [1.82, 2.24) is 0 Å². The second-order valence-electron chi connectivity index (χ2n) is 8.87. The minimum absolute atomic E-state index is 0.384. The molecule has 0 amide bonds. The van der Waals surface area contributed by atoms with Crippen LogP contribution < -0.4 is 0 Å². The smallest absolute Gasteiger partial charge is 0.116 e. The average Bonchev–Trinajstić information content (AvgIpc) is 2.45. The summed E-state index contributed by atoms with van der Waals surface area (Å²) in [7, 11) is 0. The molecule has 3 rings (SSSR count). The van der Waals surface area contributed by atoms with Crippen LogP contribution in [0.15, 0.2) is 29.2 Å². The molecule has 0 spiro atoms. The van der Waals surface area contributed by atoms with Gasteiger partial charge in [0.1, 0.15) is 5.75 Å². The van der Waals surface area contributed by atoms with Crippen molar-refractivity contribution >= 4 is 11.8 Å². The highest BCUT2D eigenvalue weighted by Crippen LogP contribution is 2.61. The minimum atomic E-state index is 0.384. The van der Waals surface area contributed by atoms with Crippen LogP contribution in [-0.2, 0) is 0 Å². The molecule has 1 nitrogen and oxygen atoms in total. The van der Waals surface area contributed by atoms with Crippen molar-refractivity contribution in [1.29, 1.82) is 0 Å². The first-order chi connectivity index (χ1) is 10.8. The Labute approximate surface area is 146 Å². The standard InChI is InChI=1S/C21H32OS/c1-15-9-10-19-20(2,3)11-6-12-21(19,4)18(15)14-23-17-8-5-7-16(22)13-17/h5,7-8,13,15,18-19,22H,6,9-12,14H2,1-4H3. The van der Waals surface area contributed by atoms with Gasteiger partial charge in [-0.1, -0.05) is 46.6 Å². The van der Waals surface area contributed by atoms with Crippen LogP contribution in [0.4, 0.5) is 0 Å². The highest BCUT2D eigenvalue weighted by atomic mass is 32.2. The second kappa shape index (κ2) is 6.35. The number of phenolic OH excluding ortho intramolecular Hbond substituents is 1. The number of hydrogen-bond acceptors (Lipinski definition) is 2. The second-order valence-corrected chi connectivity index (χ2v) is 9.96. The van der Waals surface area contributed by atoms with Gasteiger partial charge in [-0.2, -0.15) is 0 Å². The van der Waals surface area contributed by atoms with E-state index in [-0.39, 0.29) is 0 Å². The summed E-state index contributed by atoms with van der Waals surface area (Å²) < 4.78 is 0. The Bertz CT molecular complexity index is 553. The Morgan fingerprint density at radius 1 is 1.17 bits per heavy atom. The Kier molecular flexibility index (Phi) is 4.75. The third-order valence-corrected chi connectivity index (χ3v) is 8.08. The van der Waals surface area contributed by atoms with Gasteiger partial charge in [0, 0.05) is 10.6 Å². The minimum Gasteiger partial charge on any atom is -0.508 e. The largest absolute Gasteiger partial charge is 0.508 e. The molecule has 4 unspecified atom stereocenters. The van der Waals surface area contributed by atoms with Gasteiger partial charge in [-0.3, -0.25) is 0 Å². The normalized spacial score (nSPS) is 36.4. The highest BCUT2D eigenvalue weighted by molar-refractivity contribution is 7.99. The van der Waals surface area contributed by atoms with Crippen molar-refractivity contribution in [2.45, 2.75) is 64.7 Å². The zero-order valence-electron chi connectivity index (χ0n) is 15.1. The lowest BCUT2D eigenvalue weighted by Gasteiger charge is -2.59. The van der Waals surface area contributed by atoms with Gasteiger partial charge in [-0.25, -0.2) is 0 Å². The summed E-state index contributed by atoms with van der Waals surface area (Å²) in [6, 6.07) is 7.75. The summed E-state index contributed by atoms with van der Waals surface area (Å²) in [4.78, 5) is 1.21. The zero-order chi connectivity index (χ0) is 16.7. The molecule has 1 aromatic rings. The van der Waals surface area contributed by atoms with Crippen LogP contribution in [0.25, 0.3) is 0 Å². The number of hydrogen-bond donors (Lipinski definition) is 1. The molecule has 2 fully saturated rings. The molecule has 2 aliphatic carbocycles. The molecule has 128 valence electrons. The fraction of sp³-hybridized carbons (Fsp3) is 0.714. The first-order valence-corrected chi connectivity index (χ1v) is 10.2. The molecule has 0 saturated heterocycles. The van der Waals surface area contributed by atoms with Crippen molar-refractivity contribution in [2.24, 2.45) is 28.6 Å². The summed E-state index contributed by atoms with van der Waals surface area (Å²) in [5.74, 6) is 4.04. The van der Waals surface area contributed by atoms with Crippen molar-refractivity contribution in [2.75, 3.05) is 5.75 Å². The van der Waals surface area contributed by atoms with Crippen LogP contribution in [-0.4, -0.2) is 10.9 Å². The van der Waals surface area contributed by atoms with E-state index in [1.165, 1.54) is 42.8 Å². The van der Waals surface area contributed by atoms with E-state index < -0.39 is 0 Å². The van der Waals surface area contributed by atoms with Crippen LogP contribution >= 0.6 is 11.8 Å². The van der Waals surface area contributed by atoms with Crippen molar-refractivity contribution < 1.29 is 5.11 Å². The first kappa shape index (κ1) is 17.2. The topological polar surface area (TPSA) is 20.2 Å². The summed E-state index contributed by atoms with van der Waals surface area (Å²) >= 11 is 1.94. The number of thioether (sulfide) groups is 1. The van der Waals surface area contributed by atoms with E-state index in [0.717, 1.165) is 17.8 Å². The van der Waals surface area contributed by atoms with E-state index in [1.807, 2.05) is 23.9 Å². The molecule has 2 heteroatoms. The first-order valence-electron chi connectivity index (χ1n) is 9.25. The van der Waals surface area contributed by atoms with E-state index in [1.54, 1.807) is 6.07 Å². The van der Waals surface area contributed by atoms with E-state index in [9.17, 15) is 5.11 Å². The van der Waals surface area contributed by atoms with Gasteiger partial charge in [0.2, 0.25) is 0 Å². The maximum absolute atomic E-state index is 9.70. The number of phenols is 1. The van der Waals surface area contributed by atoms with Crippen molar-refractivity contribution in [3.8, 4) is 5.75 Å². The van der Waals surface area contributed by atoms with Crippen LogP contribution in [0, 0.1) is 28.6 Å². The molecule has 0 bridgehead atoms. The molecule has 2 saturated carbocycles. The van der Waals surface area contributed by atoms with Gasteiger partial charge in [0.05, 0.1) is 0 Å². The number of aromatic hydroxyl groups is 1. The Morgan fingerprint density at radius 3 is 2.70 bits per heavy atom. The monoisotopic (exact) mass is 332 g/mol. The SMILES string of the molecule is CC1CCC2C(C)(C)CCCC2(C)C1CSc1cccc(O)c1. The molecule has 0 aromatic heterocycles. The number of benzene rings is 1. The Hall–Kier alpha value is -0.630. The molecule has 1 N–H and O–H groups in total. The quantitative estimate of drug-likeness (QED) is 0.650. The lowest BCUT2D eigenvalue weighted by Crippen LogP contribution is -2.51. The molecule has 0 heterocycles. The van der Waals surface area contributed by atoms with Crippen LogP contribution in [0.2, 0.25) is 0 Å². The average molecular weight is 333 g/mol. The lowest BCUT2D eigenvalue weighted by atomic mass is 9.47. The predicted molar refractivity (Wildman–Crippen MR) is 99.9 cm³/mol. The van der Waals surface area contributed by atoms with Gasteiger partial charge in [-0.15, -0.1) is 11.8 Å². The van der Waals surface area contributed by atoms with E-state index in [0.29, 0.717) is 16.6 Å². The van der Waals surface area contributed by atoms with Gasteiger partial charge >= 0.3 is 0 Å². The molecular formula is C21H32OS. The molecule has 0 radical (unpaired) electrons. The van der Waals surface area contributed by atoms with Gasteiger partial charge < -0.3 is 5.11 Å². The molecule has 2 aliphatic rings. The Morgan fingerprint density at radius 2 is 1.96 bits per heavy atom. The van der Waals surface area contributed by atoms with E-state index in [2.05, 4.69) is 33.8 Å². The van der Waals surface area contributed by atoms with Crippen LogP contribution in [0.3, 0.4) is 0 Å². The summed E-state index contributed by atoms with van der Waals surface area (Å²) in [6.07, 6.45) is 6.98. The highest BCUT2D eigenvalue weighted by Gasteiger charge is 2.53. The molecular weight excluding hydrogens is 300 g/mol. The zero-order valence-corrected chi connectivity index (χ0v) is 16.0. The predicted octanol–water partition coefficient (Wildman–Crippen LogP) is 6.36. The third kappa shape index (κ3) is 3.29. The van der Waals surface area contributed by atoms with Gasteiger partial charge in [0.15, 0.2) is 0 Å². The fourth-order valence-electron chi connectivity index (χ4n) is 5.72. The molecule has 4 atom stereocenters. The van der Waals surface area contributed by atoms with Crippen LogP contribution in [0.1, 0.15) is 59.8 Å². The number of rotatable bonds is 3. The maximum Gasteiger partial charge on any atom is 0.116 e. The van der Waals surface area contributed by atoms with E-state index in [4.69, 9.17) is 0 Å². The summed E-state index contributed by atoms with van der Waals surface area (Å²) in [5.41, 5.74) is 0.990. The molecule has 1 aromatic carbocycles. The summed E-state index contributed by atoms with van der Waals surface area (Å²) in [6.45, 7) is 10.1.